The molecule has 26 heavy (non-hydrogen) atoms. The highest BCUT2D eigenvalue weighted by Gasteiger charge is 2.21. The van der Waals surface area contributed by atoms with Crippen molar-refractivity contribution in [2.45, 2.75) is 32.9 Å². The number of ether oxygens (including phenoxy) is 1. The Morgan fingerprint density at radius 3 is 2.65 bits per heavy atom. The van der Waals surface area contributed by atoms with Crippen molar-refractivity contribution in [2.75, 3.05) is 13.2 Å². The molecule has 0 heterocycles. The van der Waals surface area contributed by atoms with Gasteiger partial charge in [0.1, 0.15) is 6.61 Å². The van der Waals surface area contributed by atoms with Gasteiger partial charge < -0.3 is 15.4 Å². The van der Waals surface area contributed by atoms with Crippen LogP contribution in [-0.4, -0.2) is 30.2 Å². The fourth-order valence-electron chi connectivity index (χ4n) is 2.80. The molecule has 2 unspecified atom stereocenters. The minimum atomic E-state index is -0.355. The Balaban J connectivity index is 0.00000338. The first-order chi connectivity index (χ1) is 12.1. The summed E-state index contributed by atoms with van der Waals surface area (Å²) < 4.78 is 5.27. The Kier molecular flexibility index (Phi) is 9.17. The monoisotopic (exact) mass is 376 g/mol. The Hall–Kier alpha value is -2.04. The third-order valence-electron chi connectivity index (χ3n) is 4.63. The molecule has 0 spiro atoms. The number of nitrogens with zero attached hydrogens (tertiary/aromatic N) is 1. The summed E-state index contributed by atoms with van der Waals surface area (Å²) in [5.74, 6) is 0.335. The predicted octanol–water partition coefficient (Wildman–Crippen LogP) is 4.76. The van der Waals surface area contributed by atoms with Gasteiger partial charge in [-0.15, -0.1) is 12.4 Å². The fraction of sp³-hybridized carbons (Fsp3) is 0.381. The number of amides is 1. The van der Waals surface area contributed by atoms with Gasteiger partial charge in [0.2, 0.25) is 0 Å². The Bertz CT molecular complexity index is 715. The Morgan fingerprint density at radius 2 is 1.96 bits per heavy atom. The van der Waals surface area contributed by atoms with Crippen LogP contribution >= 0.6 is 12.4 Å². The molecule has 2 rings (SSSR count). The van der Waals surface area contributed by atoms with Crippen LogP contribution in [-0.2, 0) is 11.3 Å². The summed E-state index contributed by atoms with van der Waals surface area (Å²) in [5.41, 5.74) is 7.38. The minimum absolute atomic E-state index is 0. The van der Waals surface area contributed by atoms with E-state index in [2.05, 4.69) is 38.6 Å². The van der Waals surface area contributed by atoms with Gasteiger partial charge in [0.05, 0.1) is 0 Å². The zero-order valence-electron chi connectivity index (χ0n) is 15.6. The van der Waals surface area contributed by atoms with Gasteiger partial charge in [-0.1, -0.05) is 75.4 Å². The molecule has 0 fully saturated rings. The van der Waals surface area contributed by atoms with Gasteiger partial charge in [-0.2, -0.15) is 0 Å². The van der Waals surface area contributed by atoms with E-state index < -0.39 is 0 Å². The first-order valence-corrected chi connectivity index (χ1v) is 8.81. The quantitative estimate of drug-likeness (QED) is 0.676. The molecule has 2 aromatic carbocycles. The molecule has 2 N–H and O–H groups in total. The number of carbonyl (C=O) groups excluding carboxylic acids is 1. The second kappa shape index (κ2) is 10.8. The standard InChI is InChI=1S/C21H28N2O2.ClH/c1-4-13-25-21(24)23(15-20(22)16(3)5-2)14-18-11-8-10-17-9-6-7-12-19(17)18;/h4,6-12,16,20H,1,5,13-15,22H2,2-3H3;1H. The first kappa shape index (κ1) is 22.0. The lowest BCUT2D eigenvalue weighted by atomic mass is 9.99. The van der Waals surface area contributed by atoms with Gasteiger partial charge in [-0.3, -0.25) is 0 Å². The van der Waals surface area contributed by atoms with Crippen molar-refractivity contribution in [3.63, 3.8) is 0 Å². The first-order valence-electron chi connectivity index (χ1n) is 8.81. The third-order valence-corrected chi connectivity index (χ3v) is 4.63. The third kappa shape index (κ3) is 5.75. The van der Waals surface area contributed by atoms with Crippen molar-refractivity contribution < 1.29 is 9.53 Å². The zero-order chi connectivity index (χ0) is 18.2. The van der Waals surface area contributed by atoms with E-state index in [9.17, 15) is 4.79 Å². The SMILES string of the molecule is C=CCOC(=O)N(Cc1cccc2ccccc12)CC(N)C(C)CC.Cl. The van der Waals surface area contributed by atoms with Gasteiger partial charge in [-0.05, 0) is 22.3 Å². The lowest BCUT2D eigenvalue weighted by Gasteiger charge is -2.28. The molecule has 0 saturated carbocycles. The maximum absolute atomic E-state index is 12.5. The maximum atomic E-state index is 12.5. The van der Waals surface area contributed by atoms with Gasteiger partial charge in [0.25, 0.3) is 0 Å². The van der Waals surface area contributed by atoms with E-state index in [4.69, 9.17) is 10.5 Å². The second-order valence-electron chi connectivity index (χ2n) is 6.43. The van der Waals surface area contributed by atoms with Crippen LogP contribution in [0.25, 0.3) is 10.8 Å². The zero-order valence-corrected chi connectivity index (χ0v) is 16.4. The average molecular weight is 377 g/mol. The Morgan fingerprint density at radius 1 is 1.27 bits per heavy atom. The predicted molar refractivity (Wildman–Crippen MR) is 111 cm³/mol. The van der Waals surface area contributed by atoms with Crippen molar-refractivity contribution in [2.24, 2.45) is 11.7 Å². The van der Waals surface area contributed by atoms with Crippen LogP contribution < -0.4 is 5.73 Å². The minimum Gasteiger partial charge on any atom is -0.445 e. The Labute approximate surface area is 162 Å². The average Bonchev–Trinajstić information content (AvgIpc) is 2.64. The topological polar surface area (TPSA) is 55.6 Å². The molecule has 4 nitrogen and oxygen atoms in total. The van der Waals surface area contributed by atoms with E-state index in [0.717, 1.165) is 22.8 Å². The van der Waals surface area contributed by atoms with E-state index in [-0.39, 0.29) is 31.1 Å². The molecule has 2 atom stereocenters. The van der Waals surface area contributed by atoms with Crippen LogP contribution in [0.4, 0.5) is 4.79 Å². The van der Waals surface area contributed by atoms with E-state index in [1.165, 1.54) is 0 Å². The largest absolute Gasteiger partial charge is 0.445 e. The lowest BCUT2D eigenvalue weighted by Crippen LogP contribution is -2.44. The number of hydrogen-bond donors (Lipinski definition) is 1. The summed E-state index contributed by atoms with van der Waals surface area (Å²) in [7, 11) is 0. The van der Waals surface area contributed by atoms with Crippen LogP contribution in [0.15, 0.2) is 55.1 Å². The summed E-state index contributed by atoms with van der Waals surface area (Å²) in [6.45, 7) is 8.95. The molecule has 0 aliphatic carbocycles. The highest BCUT2D eigenvalue weighted by Crippen LogP contribution is 2.21. The summed E-state index contributed by atoms with van der Waals surface area (Å²) in [4.78, 5) is 14.2. The molecule has 0 bridgehead atoms. The van der Waals surface area contributed by atoms with Crippen molar-refractivity contribution in [3.05, 3.63) is 60.7 Å². The number of benzene rings is 2. The van der Waals surface area contributed by atoms with Crippen LogP contribution in [0, 0.1) is 5.92 Å². The van der Waals surface area contributed by atoms with Crippen LogP contribution in [0.5, 0.6) is 0 Å². The number of carbonyl (C=O) groups is 1. The van der Waals surface area contributed by atoms with Crippen molar-refractivity contribution >= 4 is 29.3 Å². The summed E-state index contributed by atoms with van der Waals surface area (Å²) >= 11 is 0. The number of halogens is 1. The van der Waals surface area contributed by atoms with E-state index in [1.54, 1.807) is 11.0 Å². The number of hydrogen-bond acceptors (Lipinski definition) is 3. The van der Waals surface area contributed by atoms with E-state index >= 15 is 0 Å². The van der Waals surface area contributed by atoms with Gasteiger partial charge >= 0.3 is 6.09 Å². The fourth-order valence-corrected chi connectivity index (χ4v) is 2.80. The van der Waals surface area contributed by atoms with Gasteiger partial charge in [0.15, 0.2) is 0 Å². The van der Waals surface area contributed by atoms with Crippen LogP contribution in [0.1, 0.15) is 25.8 Å². The molecule has 1 amide bonds. The molecule has 2 aromatic rings. The molecule has 0 aliphatic heterocycles. The summed E-state index contributed by atoms with van der Waals surface area (Å²) in [6, 6.07) is 14.2. The van der Waals surface area contributed by atoms with Gasteiger partial charge in [0, 0.05) is 19.1 Å². The van der Waals surface area contributed by atoms with Crippen LogP contribution in [0.2, 0.25) is 0 Å². The molecular formula is C21H29ClN2O2. The van der Waals surface area contributed by atoms with Gasteiger partial charge in [-0.25, -0.2) is 4.79 Å². The molecular weight excluding hydrogens is 348 g/mol. The molecule has 0 saturated heterocycles. The van der Waals surface area contributed by atoms with Crippen LogP contribution in [0.3, 0.4) is 0 Å². The maximum Gasteiger partial charge on any atom is 0.410 e. The van der Waals surface area contributed by atoms with Crippen molar-refractivity contribution in [1.82, 2.24) is 4.90 Å². The number of rotatable bonds is 8. The molecule has 0 aliphatic rings. The number of fused-ring (bicyclic) bond motifs is 1. The lowest BCUT2D eigenvalue weighted by molar-refractivity contribution is 0.104. The normalized spacial score (nSPS) is 12.7. The number of nitrogens with two attached hydrogens (primary N) is 1. The second-order valence-corrected chi connectivity index (χ2v) is 6.43. The molecule has 142 valence electrons. The van der Waals surface area contributed by atoms with Crippen molar-refractivity contribution in [3.8, 4) is 0 Å². The highest BCUT2D eigenvalue weighted by molar-refractivity contribution is 5.86. The molecule has 0 aromatic heterocycles. The summed E-state index contributed by atoms with van der Waals surface area (Å²) in [5, 5.41) is 2.30. The smallest absolute Gasteiger partial charge is 0.410 e. The highest BCUT2D eigenvalue weighted by atomic mass is 35.5. The van der Waals surface area contributed by atoms with E-state index in [1.807, 2.05) is 24.3 Å². The van der Waals surface area contributed by atoms with E-state index in [0.29, 0.717) is 19.0 Å². The molecule has 0 radical (unpaired) electrons. The molecule has 5 heteroatoms. The summed E-state index contributed by atoms with van der Waals surface area (Å²) in [6.07, 6.45) is 2.19. The van der Waals surface area contributed by atoms with Crippen molar-refractivity contribution in [1.29, 1.82) is 0 Å².